The minimum absolute atomic E-state index is 0.0761. The molecule has 0 spiro atoms. The number of phenolic OH excluding ortho intramolecular Hbond substituents is 1. The maximum atomic E-state index is 11.8. The normalized spacial score (nSPS) is 26.5. The van der Waals surface area contributed by atoms with E-state index in [1.54, 1.807) is 18.2 Å². The molecule has 2 heterocycles. The van der Waals surface area contributed by atoms with Crippen molar-refractivity contribution in [2.75, 3.05) is 11.9 Å². The van der Waals surface area contributed by atoms with E-state index in [9.17, 15) is 9.90 Å². The van der Waals surface area contributed by atoms with Crippen molar-refractivity contribution in [1.29, 1.82) is 0 Å². The van der Waals surface area contributed by atoms with Crippen LogP contribution in [0.25, 0.3) is 0 Å². The number of anilines is 1. The number of phenols is 1. The minimum atomic E-state index is 0.0761. The average Bonchev–Trinajstić information content (AvgIpc) is 2.90. The zero-order chi connectivity index (χ0) is 12.7. The van der Waals surface area contributed by atoms with Crippen molar-refractivity contribution in [3.8, 4) is 5.75 Å². The molecule has 1 aromatic rings. The van der Waals surface area contributed by atoms with Gasteiger partial charge in [-0.25, -0.2) is 0 Å². The average molecular weight is 267 g/mol. The van der Waals surface area contributed by atoms with Crippen LogP contribution < -0.4 is 5.32 Å². The van der Waals surface area contributed by atoms with Crippen LogP contribution >= 0.6 is 11.6 Å². The van der Waals surface area contributed by atoms with Gasteiger partial charge in [-0.1, -0.05) is 11.6 Å². The number of nitrogens with one attached hydrogen (secondary N) is 1. The first-order valence-corrected chi connectivity index (χ1v) is 6.57. The van der Waals surface area contributed by atoms with Gasteiger partial charge in [0.05, 0.1) is 17.1 Å². The first-order valence-electron chi connectivity index (χ1n) is 6.19. The first-order chi connectivity index (χ1) is 8.65. The van der Waals surface area contributed by atoms with E-state index in [2.05, 4.69) is 5.32 Å². The number of benzene rings is 1. The Labute approximate surface area is 111 Å². The summed E-state index contributed by atoms with van der Waals surface area (Å²) in [5.41, 5.74) is 0.851. The van der Waals surface area contributed by atoms with Crippen molar-refractivity contribution in [1.82, 2.24) is 4.90 Å². The molecule has 2 fully saturated rings. The second-order valence-corrected chi connectivity index (χ2v) is 5.33. The van der Waals surface area contributed by atoms with Crippen LogP contribution in [-0.2, 0) is 4.79 Å². The highest BCUT2D eigenvalue weighted by Crippen LogP contribution is 2.32. The molecule has 96 valence electrons. The van der Waals surface area contributed by atoms with Gasteiger partial charge in [-0.15, -0.1) is 0 Å². The van der Waals surface area contributed by atoms with E-state index >= 15 is 0 Å². The summed E-state index contributed by atoms with van der Waals surface area (Å²) >= 11 is 5.87. The van der Waals surface area contributed by atoms with Crippen LogP contribution in [0.15, 0.2) is 18.2 Å². The molecule has 1 amide bonds. The zero-order valence-electron chi connectivity index (χ0n) is 9.90. The number of fused-ring (bicyclic) bond motifs is 1. The molecule has 4 nitrogen and oxygen atoms in total. The van der Waals surface area contributed by atoms with Crippen molar-refractivity contribution < 1.29 is 9.90 Å². The lowest BCUT2D eigenvalue weighted by molar-refractivity contribution is -0.127. The van der Waals surface area contributed by atoms with Gasteiger partial charge in [0.2, 0.25) is 5.91 Å². The van der Waals surface area contributed by atoms with Crippen molar-refractivity contribution >= 4 is 23.2 Å². The quantitative estimate of drug-likeness (QED) is 0.807. The molecule has 0 saturated carbocycles. The Hall–Kier alpha value is -1.42. The molecular formula is C13H15ClN2O2. The highest BCUT2D eigenvalue weighted by atomic mass is 35.5. The molecule has 0 aliphatic carbocycles. The van der Waals surface area contributed by atoms with Gasteiger partial charge in [0.15, 0.2) is 0 Å². The van der Waals surface area contributed by atoms with Gasteiger partial charge in [0, 0.05) is 18.7 Å². The molecule has 5 heteroatoms. The lowest BCUT2D eigenvalue weighted by atomic mass is 10.1. The number of hydrogen-bond acceptors (Lipinski definition) is 3. The van der Waals surface area contributed by atoms with Crippen molar-refractivity contribution in [3.05, 3.63) is 23.2 Å². The molecule has 1 aromatic carbocycles. The van der Waals surface area contributed by atoms with Crippen LogP contribution in [-0.4, -0.2) is 34.5 Å². The Bertz CT molecular complexity index is 492. The summed E-state index contributed by atoms with van der Waals surface area (Å²) in [7, 11) is 0. The highest BCUT2D eigenvalue weighted by molar-refractivity contribution is 6.32. The van der Waals surface area contributed by atoms with Crippen LogP contribution in [0.4, 0.5) is 5.69 Å². The number of amides is 1. The van der Waals surface area contributed by atoms with Crippen LogP contribution in [0.3, 0.4) is 0 Å². The molecule has 0 bridgehead atoms. The number of hydrogen-bond donors (Lipinski definition) is 2. The molecule has 2 aliphatic rings. The molecule has 3 rings (SSSR count). The molecule has 2 N–H and O–H groups in total. The maximum Gasteiger partial charge on any atom is 0.225 e. The molecule has 2 aliphatic heterocycles. The molecule has 2 atom stereocenters. The van der Waals surface area contributed by atoms with E-state index in [0.717, 1.165) is 25.1 Å². The standard InChI is InChI=1S/C13H15ClN2O2/c14-9-6-8(3-4-12(9)17)15-10-7-13(18)16-5-1-2-11(10)16/h3-4,6,10-11,15,17H,1-2,5,7H2. The van der Waals surface area contributed by atoms with E-state index in [1.807, 2.05) is 4.90 Å². The van der Waals surface area contributed by atoms with Gasteiger partial charge in [0.1, 0.15) is 5.75 Å². The van der Waals surface area contributed by atoms with E-state index < -0.39 is 0 Å². The smallest absolute Gasteiger partial charge is 0.225 e. The lowest BCUT2D eigenvalue weighted by Crippen LogP contribution is -2.34. The maximum absolute atomic E-state index is 11.8. The van der Waals surface area contributed by atoms with Gasteiger partial charge in [-0.05, 0) is 31.0 Å². The molecule has 0 radical (unpaired) electrons. The molecular weight excluding hydrogens is 252 g/mol. The van der Waals surface area contributed by atoms with Gasteiger partial charge in [0.25, 0.3) is 0 Å². The molecule has 2 unspecified atom stereocenters. The summed E-state index contributed by atoms with van der Waals surface area (Å²) in [4.78, 5) is 13.8. The number of nitrogens with zero attached hydrogens (tertiary/aromatic N) is 1. The van der Waals surface area contributed by atoms with E-state index in [0.29, 0.717) is 17.5 Å². The van der Waals surface area contributed by atoms with Gasteiger partial charge in [-0.3, -0.25) is 4.79 Å². The summed E-state index contributed by atoms with van der Waals surface area (Å²) in [5.74, 6) is 0.312. The number of rotatable bonds is 2. The zero-order valence-corrected chi connectivity index (χ0v) is 10.7. The Morgan fingerprint density at radius 1 is 1.44 bits per heavy atom. The predicted molar refractivity (Wildman–Crippen MR) is 69.9 cm³/mol. The fraction of sp³-hybridized carbons (Fsp3) is 0.462. The third-order valence-electron chi connectivity index (χ3n) is 3.78. The predicted octanol–water partition coefficient (Wildman–Crippen LogP) is 2.22. The third kappa shape index (κ3) is 1.90. The summed E-state index contributed by atoms with van der Waals surface area (Å²) in [6.45, 7) is 0.887. The Morgan fingerprint density at radius 2 is 2.28 bits per heavy atom. The minimum Gasteiger partial charge on any atom is -0.506 e. The van der Waals surface area contributed by atoms with E-state index in [-0.39, 0.29) is 17.7 Å². The van der Waals surface area contributed by atoms with Crippen LogP contribution in [0.1, 0.15) is 19.3 Å². The van der Waals surface area contributed by atoms with Crippen LogP contribution in [0.5, 0.6) is 5.75 Å². The fourth-order valence-electron chi connectivity index (χ4n) is 2.92. The summed E-state index contributed by atoms with van der Waals surface area (Å²) < 4.78 is 0. The lowest BCUT2D eigenvalue weighted by Gasteiger charge is -2.22. The second kappa shape index (κ2) is 4.35. The van der Waals surface area contributed by atoms with Crippen molar-refractivity contribution in [2.45, 2.75) is 31.3 Å². The number of aromatic hydroxyl groups is 1. The fourth-order valence-corrected chi connectivity index (χ4v) is 3.10. The summed E-state index contributed by atoms with van der Waals surface area (Å²) in [6, 6.07) is 5.50. The Morgan fingerprint density at radius 3 is 3.06 bits per heavy atom. The van der Waals surface area contributed by atoms with Gasteiger partial charge >= 0.3 is 0 Å². The molecule has 0 aromatic heterocycles. The third-order valence-corrected chi connectivity index (χ3v) is 4.08. The van der Waals surface area contributed by atoms with Crippen LogP contribution in [0.2, 0.25) is 5.02 Å². The highest BCUT2D eigenvalue weighted by Gasteiger charge is 2.42. The van der Waals surface area contributed by atoms with Crippen LogP contribution in [0, 0.1) is 0 Å². The number of carbonyl (C=O) groups is 1. The van der Waals surface area contributed by atoms with E-state index in [4.69, 9.17) is 11.6 Å². The van der Waals surface area contributed by atoms with Gasteiger partial charge in [-0.2, -0.15) is 0 Å². The van der Waals surface area contributed by atoms with Crippen molar-refractivity contribution in [2.24, 2.45) is 0 Å². The summed E-state index contributed by atoms with van der Waals surface area (Å²) in [5, 5.41) is 13.1. The monoisotopic (exact) mass is 266 g/mol. The van der Waals surface area contributed by atoms with E-state index in [1.165, 1.54) is 0 Å². The first kappa shape index (κ1) is 11.7. The largest absolute Gasteiger partial charge is 0.506 e. The summed E-state index contributed by atoms with van der Waals surface area (Å²) in [6.07, 6.45) is 2.70. The topological polar surface area (TPSA) is 52.6 Å². The second-order valence-electron chi connectivity index (χ2n) is 4.92. The SMILES string of the molecule is O=C1CC(Nc2ccc(O)c(Cl)c2)C2CCCN12. The Kier molecular flexibility index (Phi) is 2.82. The van der Waals surface area contributed by atoms with Gasteiger partial charge < -0.3 is 15.3 Å². The molecule has 18 heavy (non-hydrogen) atoms. The number of carbonyl (C=O) groups excluding carboxylic acids is 1. The van der Waals surface area contributed by atoms with Crippen molar-refractivity contribution in [3.63, 3.8) is 0 Å². The Balaban J connectivity index is 1.76. The number of halogens is 1. The molecule has 2 saturated heterocycles.